The third-order valence-corrected chi connectivity index (χ3v) is 6.83. The Bertz CT molecular complexity index is 1790. The van der Waals surface area contributed by atoms with E-state index in [9.17, 15) is 4.79 Å². The first-order valence-corrected chi connectivity index (χ1v) is 12.8. The fourth-order valence-corrected chi connectivity index (χ4v) is 4.89. The molecular formula is C33H28N4O2. The van der Waals surface area contributed by atoms with E-state index in [4.69, 9.17) is 16.2 Å². The molecule has 0 aliphatic heterocycles. The van der Waals surface area contributed by atoms with Crippen LogP contribution in [0.1, 0.15) is 21.6 Å². The number of carbonyl (C=O) groups is 1. The van der Waals surface area contributed by atoms with Crippen molar-refractivity contribution < 1.29 is 9.53 Å². The summed E-state index contributed by atoms with van der Waals surface area (Å²) >= 11 is 0. The fraction of sp³-hybridized carbons (Fsp3) is 0.0606. The molecule has 0 aliphatic rings. The van der Waals surface area contributed by atoms with Gasteiger partial charge in [-0.1, -0.05) is 54.6 Å². The van der Waals surface area contributed by atoms with Crippen molar-refractivity contribution in [2.45, 2.75) is 13.1 Å². The number of benzene rings is 5. The smallest absolute Gasteiger partial charge is 0.272 e. The van der Waals surface area contributed by atoms with Gasteiger partial charge in [0.1, 0.15) is 17.2 Å². The van der Waals surface area contributed by atoms with Crippen LogP contribution in [-0.2, 0) is 13.1 Å². The van der Waals surface area contributed by atoms with Gasteiger partial charge in [0.2, 0.25) is 0 Å². The highest BCUT2D eigenvalue weighted by Gasteiger charge is 2.18. The van der Waals surface area contributed by atoms with Gasteiger partial charge in [0, 0.05) is 35.4 Å². The molecule has 0 bridgehead atoms. The third-order valence-electron chi connectivity index (χ3n) is 6.83. The van der Waals surface area contributed by atoms with E-state index >= 15 is 0 Å². The predicted octanol–water partition coefficient (Wildman–Crippen LogP) is 6.93. The second-order valence-corrected chi connectivity index (χ2v) is 9.51. The van der Waals surface area contributed by atoms with Gasteiger partial charge >= 0.3 is 0 Å². The molecule has 39 heavy (non-hydrogen) atoms. The van der Waals surface area contributed by atoms with E-state index in [1.807, 2.05) is 66.7 Å². The molecule has 0 atom stereocenters. The summed E-state index contributed by atoms with van der Waals surface area (Å²) in [5, 5.41) is 6.15. The van der Waals surface area contributed by atoms with Crippen LogP contribution in [0.25, 0.3) is 21.7 Å². The molecule has 0 aliphatic carbocycles. The molecule has 1 heterocycles. The number of nitrogen functional groups attached to an aromatic ring is 1. The van der Waals surface area contributed by atoms with Gasteiger partial charge in [-0.2, -0.15) is 0 Å². The maximum atomic E-state index is 13.6. The van der Waals surface area contributed by atoms with Crippen molar-refractivity contribution >= 4 is 39.0 Å². The molecule has 6 nitrogen and oxygen atoms in total. The van der Waals surface area contributed by atoms with Crippen LogP contribution in [0.3, 0.4) is 0 Å². The molecule has 0 fully saturated rings. The van der Waals surface area contributed by atoms with Crippen LogP contribution in [0.5, 0.6) is 11.5 Å². The lowest BCUT2D eigenvalue weighted by Gasteiger charge is -2.16. The molecular weight excluding hydrogens is 484 g/mol. The summed E-state index contributed by atoms with van der Waals surface area (Å²) in [6, 6.07) is 37.2. The number of nitrogens with two attached hydrogens (primary N) is 2. The number of rotatable bonds is 7. The first kappa shape index (κ1) is 24.3. The third kappa shape index (κ3) is 5.06. The van der Waals surface area contributed by atoms with Crippen molar-refractivity contribution in [3.05, 3.63) is 132 Å². The van der Waals surface area contributed by atoms with Crippen LogP contribution >= 0.6 is 0 Å². The average Bonchev–Trinajstić information content (AvgIpc) is 3.32. The Hall–Kier alpha value is -5.07. The zero-order valence-electron chi connectivity index (χ0n) is 21.3. The number of anilines is 2. The fourth-order valence-electron chi connectivity index (χ4n) is 4.89. The van der Waals surface area contributed by atoms with Gasteiger partial charge < -0.3 is 26.1 Å². The molecule has 192 valence electrons. The van der Waals surface area contributed by atoms with E-state index in [0.717, 1.165) is 44.3 Å². The molecule has 0 saturated carbocycles. The Balaban J connectivity index is 1.46. The second-order valence-electron chi connectivity index (χ2n) is 9.51. The number of nitrogens with zero attached hydrogens (tertiary/aromatic N) is 1. The number of ether oxygens (including phenoxy) is 1. The molecule has 0 spiro atoms. The number of aromatic nitrogens is 1. The van der Waals surface area contributed by atoms with Gasteiger partial charge in [-0.05, 0) is 82.6 Å². The highest BCUT2D eigenvalue weighted by Crippen LogP contribution is 2.31. The molecule has 5 N–H and O–H groups in total. The SMILES string of the molecule is NCc1ccc2cc(C(=O)Nc3ccc(N)cc3)n(Cc3cc(Oc4ccccc4)cc4ccccc34)c2c1. The molecule has 0 radical (unpaired) electrons. The van der Waals surface area contributed by atoms with Crippen molar-refractivity contribution in [3.8, 4) is 11.5 Å². The van der Waals surface area contributed by atoms with Gasteiger partial charge in [-0.25, -0.2) is 0 Å². The van der Waals surface area contributed by atoms with Gasteiger partial charge in [-0.3, -0.25) is 4.79 Å². The van der Waals surface area contributed by atoms with Crippen LogP contribution in [-0.4, -0.2) is 10.5 Å². The van der Waals surface area contributed by atoms with E-state index in [1.54, 1.807) is 24.3 Å². The van der Waals surface area contributed by atoms with Crippen molar-refractivity contribution in [2.75, 3.05) is 11.1 Å². The Morgan fingerprint density at radius 1 is 0.769 bits per heavy atom. The summed E-state index contributed by atoms with van der Waals surface area (Å²) < 4.78 is 8.27. The molecule has 6 heteroatoms. The summed E-state index contributed by atoms with van der Waals surface area (Å²) in [4.78, 5) is 13.6. The summed E-state index contributed by atoms with van der Waals surface area (Å²) in [6.07, 6.45) is 0. The minimum Gasteiger partial charge on any atom is -0.457 e. The first-order chi connectivity index (χ1) is 19.1. The Labute approximate surface area is 226 Å². The zero-order chi connectivity index (χ0) is 26.8. The second kappa shape index (κ2) is 10.4. The Morgan fingerprint density at radius 2 is 1.54 bits per heavy atom. The standard InChI is InChI=1S/C33H28N4O2/c34-20-22-10-11-24-19-32(33(38)36-27-14-12-26(35)13-15-27)37(31(24)16-22)21-25-18-29(39-28-7-2-1-3-8-28)17-23-6-4-5-9-30(23)25/h1-19H,20-21,34-35H2,(H,36,38). The molecule has 6 aromatic rings. The van der Waals surface area contributed by atoms with Crippen LogP contribution in [0.4, 0.5) is 11.4 Å². The quantitative estimate of drug-likeness (QED) is 0.202. The van der Waals surface area contributed by atoms with E-state index < -0.39 is 0 Å². The predicted molar refractivity (Wildman–Crippen MR) is 158 cm³/mol. The van der Waals surface area contributed by atoms with Gasteiger partial charge in [0.25, 0.3) is 5.91 Å². The molecule has 0 unspecified atom stereocenters. The lowest BCUT2D eigenvalue weighted by atomic mass is 10.0. The Kier molecular flexibility index (Phi) is 6.45. The number of hydrogen-bond donors (Lipinski definition) is 3. The number of nitrogens with one attached hydrogen (secondary N) is 1. The number of hydrogen-bond acceptors (Lipinski definition) is 4. The summed E-state index contributed by atoms with van der Waals surface area (Å²) in [5.74, 6) is 1.30. The lowest BCUT2D eigenvalue weighted by Crippen LogP contribution is -2.17. The van der Waals surface area contributed by atoms with Gasteiger partial charge in [-0.15, -0.1) is 0 Å². The molecule has 1 amide bonds. The normalized spacial score (nSPS) is 11.1. The van der Waals surface area contributed by atoms with E-state index in [2.05, 4.69) is 34.1 Å². The topological polar surface area (TPSA) is 95.3 Å². The van der Waals surface area contributed by atoms with Crippen molar-refractivity contribution in [2.24, 2.45) is 5.73 Å². The zero-order valence-corrected chi connectivity index (χ0v) is 21.3. The summed E-state index contributed by atoms with van der Waals surface area (Å²) in [7, 11) is 0. The number of carbonyl (C=O) groups excluding carboxylic acids is 1. The average molecular weight is 513 g/mol. The maximum Gasteiger partial charge on any atom is 0.272 e. The van der Waals surface area contributed by atoms with Crippen LogP contribution in [0.15, 0.2) is 115 Å². The number of fused-ring (bicyclic) bond motifs is 2. The van der Waals surface area contributed by atoms with E-state index in [1.165, 1.54) is 0 Å². The summed E-state index contributed by atoms with van der Waals surface area (Å²) in [5.41, 5.74) is 16.7. The molecule has 6 rings (SSSR count). The summed E-state index contributed by atoms with van der Waals surface area (Å²) in [6.45, 7) is 0.881. The largest absolute Gasteiger partial charge is 0.457 e. The number of para-hydroxylation sites is 1. The van der Waals surface area contributed by atoms with Crippen molar-refractivity contribution in [3.63, 3.8) is 0 Å². The lowest BCUT2D eigenvalue weighted by molar-refractivity contribution is 0.101. The van der Waals surface area contributed by atoms with Crippen LogP contribution in [0, 0.1) is 0 Å². The molecule has 0 saturated heterocycles. The molecule has 1 aromatic heterocycles. The Morgan fingerprint density at radius 3 is 2.33 bits per heavy atom. The van der Waals surface area contributed by atoms with Gasteiger partial charge in [0.05, 0.1) is 0 Å². The highest BCUT2D eigenvalue weighted by atomic mass is 16.5. The first-order valence-electron chi connectivity index (χ1n) is 12.8. The minimum absolute atomic E-state index is 0.203. The highest BCUT2D eigenvalue weighted by molar-refractivity contribution is 6.06. The van der Waals surface area contributed by atoms with Crippen molar-refractivity contribution in [1.82, 2.24) is 4.57 Å². The maximum absolute atomic E-state index is 13.6. The molecule has 5 aromatic carbocycles. The van der Waals surface area contributed by atoms with E-state index in [0.29, 0.717) is 30.2 Å². The van der Waals surface area contributed by atoms with Crippen molar-refractivity contribution in [1.29, 1.82) is 0 Å². The van der Waals surface area contributed by atoms with Gasteiger partial charge in [0.15, 0.2) is 0 Å². The van der Waals surface area contributed by atoms with Crippen LogP contribution < -0.4 is 21.5 Å². The number of amides is 1. The minimum atomic E-state index is -0.203. The monoisotopic (exact) mass is 512 g/mol. The van der Waals surface area contributed by atoms with E-state index in [-0.39, 0.29) is 5.91 Å². The van der Waals surface area contributed by atoms with Crippen LogP contribution in [0.2, 0.25) is 0 Å².